The van der Waals surface area contributed by atoms with Crippen molar-refractivity contribution in [2.24, 2.45) is 0 Å². The topological polar surface area (TPSA) is 36.3 Å². The van der Waals surface area contributed by atoms with Crippen molar-refractivity contribution in [1.82, 2.24) is 0 Å². The molecule has 2 rings (SSSR count). The molecule has 0 fully saturated rings. The molecule has 2 aromatic rings. The van der Waals surface area contributed by atoms with Crippen LogP contribution in [0.2, 0.25) is 0 Å². The second-order valence-corrected chi connectivity index (χ2v) is 4.66. The number of rotatable bonds is 6. The van der Waals surface area contributed by atoms with E-state index in [0.29, 0.717) is 36.7 Å². The number of nitrogens with zero attached hydrogens (tertiary/aromatic N) is 2. The average molecular weight is 302 g/mol. The molecule has 0 spiro atoms. The van der Waals surface area contributed by atoms with Gasteiger partial charge in [-0.1, -0.05) is 0 Å². The van der Waals surface area contributed by atoms with Crippen molar-refractivity contribution in [2.75, 3.05) is 24.6 Å². The third-order valence-electron chi connectivity index (χ3n) is 3.26. The summed E-state index contributed by atoms with van der Waals surface area (Å²) in [5.41, 5.74) is 1.19. The van der Waals surface area contributed by atoms with Crippen molar-refractivity contribution in [3.8, 4) is 11.8 Å². The molecule has 2 aromatic carbocycles. The van der Waals surface area contributed by atoms with Gasteiger partial charge in [0.25, 0.3) is 0 Å². The van der Waals surface area contributed by atoms with Crippen LogP contribution in [0.3, 0.4) is 0 Å². The van der Waals surface area contributed by atoms with Crippen LogP contribution in [0.15, 0.2) is 42.5 Å². The molecule has 3 nitrogen and oxygen atoms in total. The highest BCUT2D eigenvalue weighted by molar-refractivity contribution is 5.46. The molecule has 0 aromatic heterocycles. The van der Waals surface area contributed by atoms with Gasteiger partial charge in [0.05, 0.1) is 18.2 Å². The Balaban J connectivity index is 1.93. The molecule has 0 saturated heterocycles. The number of ether oxygens (including phenoxy) is 1. The number of anilines is 1. The van der Waals surface area contributed by atoms with Crippen LogP contribution in [0, 0.1) is 23.0 Å². The van der Waals surface area contributed by atoms with E-state index in [0.717, 1.165) is 6.07 Å². The Morgan fingerprint density at radius 3 is 2.41 bits per heavy atom. The third kappa shape index (κ3) is 3.95. The minimum absolute atomic E-state index is 0.402. The Hall–Kier alpha value is -2.61. The van der Waals surface area contributed by atoms with Gasteiger partial charge in [-0.15, -0.1) is 0 Å². The van der Waals surface area contributed by atoms with E-state index in [9.17, 15) is 8.78 Å². The first-order valence-corrected chi connectivity index (χ1v) is 6.97. The van der Waals surface area contributed by atoms with Gasteiger partial charge in [-0.2, -0.15) is 5.26 Å². The molecule has 0 aliphatic rings. The highest BCUT2D eigenvalue weighted by atomic mass is 19.2. The minimum atomic E-state index is -0.857. The first-order chi connectivity index (χ1) is 10.6. The number of halogens is 2. The number of hydrogen-bond acceptors (Lipinski definition) is 3. The first kappa shape index (κ1) is 15.8. The molecule has 0 atom stereocenters. The minimum Gasteiger partial charge on any atom is -0.492 e. The van der Waals surface area contributed by atoms with E-state index in [1.54, 1.807) is 30.3 Å². The molecule has 114 valence electrons. The second kappa shape index (κ2) is 7.41. The monoisotopic (exact) mass is 302 g/mol. The van der Waals surface area contributed by atoms with Crippen LogP contribution in [-0.2, 0) is 0 Å². The molecule has 0 unspecified atom stereocenters. The highest BCUT2D eigenvalue weighted by Gasteiger charge is 2.08. The number of hydrogen-bond donors (Lipinski definition) is 0. The predicted molar refractivity (Wildman–Crippen MR) is 80.9 cm³/mol. The summed E-state index contributed by atoms with van der Waals surface area (Å²) in [7, 11) is 0. The van der Waals surface area contributed by atoms with Gasteiger partial charge in [-0.05, 0) is 43.3 Å². The van der Waals surface area contributed by atoms with E-state index in [4.69, 9.17) is 10.00 Å². The van der Waals surface area contributed by atoms with Gasteiger partial charge < -0.3 is 9.64 Å². The molecule has 0 aliphatic heterocycles. The lowest BCUT2D eigenvalue weighted by Crippen LogP contribution is -2.28. The lowest BCUT2D eigenvalue weighted by molar-refractivity contribution is 0.324. The fourth-order valence-corrected chi connectivity index (χ4v) is 2.05. The van der Waals surface area contributed by atoms with E-state index >= 15 is 0 Å². The lowest BCUT2D eigenvalue weighted by atomic mass is 10.2. The largest absolute Gasteiger partial charge is 0.492 e. The summed E-state index contributed by atoms with van der Waals surface area (Å²) in [6.45, 7) is 3.53. The van der Waals surface area contributed by atoms with Gasteiger partial charge in [0.2, 0.25) is 0 Å². The molecule has 0 aliphatic carbocycles. The molecular formula is C17H16F2N2O. The molecule has 5 heteroatoms. The van der Waals surface area contributed by atoms with E-state index < -0.39 is 11.6 Å². The Morgan fingerprint density at radius 1 is 1.09 bits per heavy atom. The lowest BCUT2D eigenvalue weighted by Gasteiger charge is -2.23. The molecule has 0 radical (unpaired) electrons. The summed E-state index contributed by atoms with van der Waals surface area (Å²) >= 11 is 0. The number of likely N-dealkylation sites (N-methyl/N-ethyl adjacent to an activating group) is 1. The standard InChI is InChI=1S/C17H16F2N2O/c1-2-21(14-5-8-16(18)17(19)11-14)9-10-22-15-6-3-13(12-20)4-7-15/h3-8,11H,2,9-10H2,1H3. The Labute approximate surface area is 128 Å². The fraction of sp³-hybridized carbons (Fsp3) is 0.235. The summed E-state index contributed by atoms with van der Waals surface area (Å²) in [6.07, 6.45) is 0. The first-order valence-electron chi connectivity index (χ1n) is 6.97. The maximum absolute atomic E-state index is 13.3. The normalized spacial score (nSPS) is 10.1. The highest BCUT2D eigenvalue weighted by Crippen LogP contribution is 2.18. The van der Waals surface area contributed by atoms with Crippen molar-refractivity contribution in [2.45, 2.75) is 6.92 Å². The van der Waals surface area contributed by atoms with Gasteiger partial charge in [0, 0.05) is 18.3 Å². The van der Waals surface area contributed by atoms with Crippen LogP contribution in [0.5, 0.6) is 5.75 Å². The maximum atomic E-state index is 13.3. The van der Waals surface area contributed by atoms with Gasteiger partial charge >= 0.3 is 0 Å². The summed E-state index contributed by atoms with van der Waals surface area (Å²) < 4.78 is 31.8. The zero-order chi connectivity index (χ0) is 15.9. The molecule has 0 bridgehead atoms. The van der Waals surface area contributed by atoms with Gasteiger partial charge in [-0.25, -0.2) is 8.78 Å². The van der Waals surface area contributed by atoms with Crippen LogP contribution in [0.1, 0.15) is 12.5 Å². The van der Waals surface area contributed by atoms with Gasteiger partial charge in [0.15, 0.2) is 11.6 Å². The predicted octanol–water partition coefficient (Wildman–Crippen LogP) is 3.74. The number of benzene rings is 2. The SMILES string of the molecule is CCN(CCOc1ccc(C#N)cc1)c1ccc(F)c(F)c1. The Morgan fingerprint density at radius 2 is 1.82 bits per heavy atom. The van der Waals surface area contributed by atoms with E-state index in [1.165, 1.54) is 6.07 Å². The van der Waals surface area contributed by atoms with E-state index in [1.807, 2.05) is 17.9 Å². The van der Waals surface area contributed by atoms with Gasteiger partial charge in [-0.3, -0.25) is 0 Å². The zero-order valence-electron chi connectivity index (χ0n) is 12.2. The zero-order valence-corrected chi connectivity index (χ0v) is 12.2. The Bertz CT molecular complexity index is 665. The average Bonchev–Trinajstić information content (AvgIpc) is 2.55. The van der Waals surface area contributed by atoms with Crippen LogP contribution >= 0.6 is 0 Å². The van der Waals surface area contributed by atoms with Crippen LogP contribution in [0.25, 0.3) is 0 Å². The number of nitriles is 1. The summed E-state index contributed by atoms with van der Waals surface area (Å²) in [5, 5.41) is 8.72. The molecule has 0 heterocycles. The second-order valence-electron chi connectivity index (χ2n) is 4.66. The van der Waals surface area contributed by atoms with E-state index in [-0.39, 0.29) is 0 Å². The molecule has 0 N–H and O–H groups in total. The van der Waals surface area contributed by atoms with Crippen molar-refractivity contribution < 1.29 is 13.5 Å². The van der Waals surface area contributed by atoms with Crippen molar-refractivity contribution in [3.63, 3.8) is 0 Å². The summed E-state index contributed by atoms with van der Waals surface area (Å²) in [5.74, 6) is -1.04. The molecular weight excluding hydrogens is 286 g/mol. The summed E-state index contributed by atoms with van der Waals surface area (Å²) in [4.78, 5) is 1.90. The van der Waals surface area contributed by atoms with Crippen LogP contribution < -0.4 is 9.64 Å². The third-order valence-corrected chi connectivity index (χ3v) is 3.26. The van der Waals surface area contributed by atoms with Crippen LogP contribution in [-0.4, -0.2) is 19.7 Å². The maximum Gasteiger partial charge on any atom is 0.160 e. The van der Waals surface area contributed by atoms with Crippen molar-refractivity contribution in [1.29, 1.82) is 5.26 Å². The molecule has 0 saturated carbocycles. The smallest absolute Gasteiger partial charge is 0.160 e. The quantitative estimate of drug-likeness (QED) is 0.815. The van der Waals surface area contributed by atoms with E-state index in [2.05, 4.69) is 0 Å². The van der Waals surface area contributed by atoms with Crippen molar-refractivity contribution >= 4 is 5.69 Å². The summed E-state index contributed by atoms with van der Waals surface area (Å²) in [6, 6.07) is 12.7. The molecule has 22 heavy (non-hydrogen) atoms. The van der Waals surface area contributed by atoms with Gasteiger partial charge in [0.1, 0.15) is 12.4 Å². The van der Waals surface area contributed by atoms with Crippen molar-refractivity contribution in [3.05, 3.63) is 59.7 Å². The van der Waals surface area contributed by atoms with Crippen LogP contribution in [0.4, 0.5) is 14.5 Å². The molecule has 0 amide bonds. The Kier molecular flexibility index (Phi) is 5.31. The fourth-order valence-electron chi connectivity index (χ4n) is 2.05.